The summed E-state index contributed by atoms with van der Waals surface area (Å²) >= 11 is 2.02. The van der Waals surface area contributed by atoms with Crippen LogP contribution in [0.1, 0.15) is 55.9 Å². The van der Waals surface area contributed by atoms with Crippen molar-refractivity contribution in [3.8, 4) is 5.75 Å². The van der Waals surface area contributed by atoms with Crippen LogP contribution < -0.4 is 10.1 Å². The molecule has 0 saturated carbocycles. The van der Waals surface area contributed by atoms with Crippen molar-refractivity contribution in [3.63, 3.8) is 0 Å². The third kappa shape index (κ3) is 3.88. The summed E-state index contributed by atoms with van der Waals surface area (Å²) in [5.74, 6) is 0.923. The molecule has 0 aromatic heterocycles. The third-order valence-corrected chi connectivity index (χ3v) is 6.99. The van der Waals surface area contributed by atoms with E-state index in [1.54, 1.807) is 7.11 Å². The third-order valence-electron chi connectivity index (χ3n) is 5.38. The minimum Gasteiger partial charge on any atom is -0.497 e. The van der Waals surface area contributed by atoms with Gasteiger partial charge in [0.1, 0.15) is 5.75 Å². The van der Waals surface area contributed by atoms with Crippen LogP contribution in [0.5, 0.6) is 5.75 Å². The summed E-state index contributed by atoms with van der Waals surface area (Å²) in [5, 5.41) is 4.36. The van der Waals surface area contributed by atoms with Gasteiger partial charge in [0.05, 0.1) is 12.4 Å². The number of hydrogen-bond acceptors (Lipinski definition) is 3. The summed E-state index contributed by atoms with van der Waals surface area (Å²) < 4.78 is 5.36. The Morgan fingerprint density at radius 1 is 1.12 bits per heavy atom. The molecule has 2 atom stereocenters. The van der Waals surface area contributed by atoms with Crippen LogP contribution in [0.2, 0.25) is 0 Å². The first kappa shape index (κ1) is 18.3. The highest BCUT2D eigenvalue weighted by molar-refractivity contribution is 7.99. The molecule has 1 aliphatic heterocycles. The summed E-state index contributed by atoms with van der Waals surface area (Å²) in [6.45, 7) is 5.56. The molecule has 1 N–H and O–H groups in total. The predicted octanol–water partition coefficient (Wildman–Crippen LogP) is 5.97. The molecule has 1 aliphatic rings. The van der Waals surface area contributed by atoms with E-state index >= 15 is 0 Å². The molecule has 3 rings (SSSR count). The van der Waals surface area contributed by atoms with E-state index in [4.69, 9.17) is 4.74 Å². The van der Waals surface area contributed by atoms with Gasteiger partial charge in [-0.05, 0) is 42.2 Å². The number of rotatable bonds is 6. The topological polar surface area (TPSA) is 21.3 Å². The van der Waals surface area contributed by atoms with Crippen molar-refractivity contribution in [1.29, 1.82) is 0 Å². The number of hydrogen-bond donors (Lipinski definition) is 1. The van der Waals surface area contributed by atoms with Gasteiger partial charge >= 0.3 is 0 Å². The SMILES string of the molecule is CCCC[C@]1(CC)NCc2ccccc2S[C@@H]1c1ccc(OC)cc1. The highest BCUT2D eigenvalue weighted by Crippen LogP contribution is 2.49. The highest BCUT2D eigenvalue weighted by atomic mass is 32.2. The molecule has 0 saturated heterocycles. The Kier molecular flexibility index (Phi) is 6.08. The summed E-state index contributed by atoms with van der Waals surface area (Å²) in [6.07, 6.45) is 4.82. The van der Waals surface area contributed by atoms with E-state index in [9.17, 15) is 0 Å². The average molecular weight is 356 g/mol. The first-order chi connectivity index (χ1) is 12.2. The summed E-state index contributed by atoms with van der Waals surface area (Å²) in [6, 6.07) is 17.5. The van der Waals surface area contributed by atoms with E-state index in [1.165, 1.54) is 35.3 Å². The van der Waals surface area contributed by atoms with Gasteiger partial charge in [-0.3, -0.25) is 0 Å². The van der Waals surface area contributed by atoms with Crippen molar-refractivity contribution in [1.82, 2.24) is 5.32 Å². The Bertz CT molecular complexity index is 685. The quantitative estimate of drug-likeness (QED) is 0.689. The molecule has 0 aliphatic carbocycles. The molecule has 0 bridgehead atoms. The number of unbranched alkanes of at least 4 members (excludes halogenated alkanes) is 1. The van der Waals surface area contributed by atoms with Gasteiger partial charge in [-0.15, -0.1) is 11.8 Å². The fourth-order valence-corrected chi connectivity index (χ4v) is 5.32. The Morgan fingerprint density at radius 3 is 2.56 bits per heavy atom. The van der Waals surface area contributed by atoms with Crippen LogP contribution in [0, 0.1) is 0 Å². The smallest absolute Gasteiger partial charge is 0.118 e. The van der Waals surface area contributed by atoms with Crippen LogP contribution in [0.15, 0.2) is 53.4 Å². The van der Waals surface area contributed by atoms with E-state index in [2.05, 4.69) is 67.7 Å². The molecule has 3 heteroatoms. The fraction of sp³-hybridized carbons (Fsp3) is 0.455. The summed E-state index contributed by atoms with van der Waals surface area (Å²) in [5.41, 5.74) is 2.92. The maximum Gasteiger partial charge on any atom is 0.118 e. The number of methoxy groups -OCH3 is 1. The number of ether oxygens (including phenoxy) is 1. The van der Waals surface area contributed by atoms with Gasteiger partial charge in [0.15, 0.2) is 0 Å². The summed E-state index contributed by atoms with van der Waals surface area (Å²) in [7, 11) is 1.73. The zero-order valence-electron chi connectivity index (χ0n) is 15.5. The van der Waals surface area contributed by atoms with Gasteiger partial charge < -0.3 is 10.1 Å². The van der Waals surface area contributed by atoms with Crippen molar-refractivity contribution in [3.05, 3.63) is 59.7 Å². The predicted molar refractivity (Wildman–Crippen MR) is 107 cm³/mol. The second-order valence-electron chi connectivity index (χ2n) is 6.85. The second kappa shape index (κ2) is 8.29. The average Bonchev–Trinajstić information content (AvgIpc) is 2.84. The van der Waals surface area contributed by atoms with E-state index in [0.29, 0.717) is 5.25 Å². The first-order valence-corrected chi connectivity index (χ1v) is 10.2. The van der Waals surface area contributed by atoms with E-state index in [0.717, 1.165) is 18.7 Å². The van der Waals surface area contributed by atoms with Crippen LogP contribution >= 0.6 is 11.8 Å². The number of fused-ring (bicyclic) bond motifs is 1. The molecule has 1 heterocycles. The fourth-order valence-electron chi connectivity index (χ4n) is 3.73. The standard InChI is InChI=1S/C22H29NOS/c1-4-6-15-22(5-2)21(17-11-13-19(24-3)14-12-17)25-20-10-8-7-9-18(20)16-23-22/h7-14,21,23H,4-6,15-16H2,1-3H3/t21-,22+/m1/s1. The number of thioether (sulfide) groups is 1. The molecule has 2 aromatic carbocycles. The second-order valence-corrected chi connectivity index (χ2v) is 7.99. The molecule has 0 unspecified atom stereocenters. The molecule has 0 fully saturated rings. The normalized spacial score (nSPS) is 22.9. The van der Waals surface area contributed by atoms with Crippen molar-refractivity contribution < 1.29 is 4.74 Å². The lowest BCUT2D eigenvalue weighted by Gasteiger charge is -2.40. The van der Waals surface area contributed by atoms with Gasteiger partial charge in [0.25, 0.3) is 0 Å². The lowest BCUT2D eigenvalue weighted by molar-refractivity contribution is 0.274. The van der Waals surface area contributed by atoms with Crippen molar-refractivity contribution >= 4 is 11.8 Å². The Morgan fingerprint density at radius 2 is 1.88 bits per heavy atom. The van der Waals surface area contributed by atoms with Gasteiger partial charge in [-0.2, -0.15) is 0 Å². The van der Waals surface area contributed by atoms with Gasteiger partial charge in [0, 0.05) is 17.0 Å². The Labute approximate surface area is 156 Å². The highest BCUT2D eigenvalue weighted by Gasteiger charge is 2.40. The Balaban J connectivity index is 2.02. The van der Waals surface area contributed by atoms with E-state index in [-0.39, 0.29) is 5.54 Å². The Hall–Kier alpha value is -1.45. The molecule has 0 spiro atoms. The van der Waals surface area contributed by atoms with Crippen LogP contribution in [-0.2, 0) is 6.54 Å². The van der Waals surface area contributed by atoms with Crippen LogP contribution in [0.3, 0.4) is 0 Å². The molecule has 2 aromatic rings. The monoisotopic (exact) mass is 355 g/mol. The zero-order valence-corrected chi connectivity index (χ0v) is 16.4. The lowest BCUT2D eigenvalue weighted by atomic mass is 9.82. The molecule has 134 valence electrons. The summed E-state index contributed by atoms with van der Waals surface area (Å²) in [4.78, 5) is 1.41. The van der Waals surface area contributed by atoms with Gasteiger partial charge in [-0.1, -0.05) is 57.0 Å². The van der Waals surface area contributed by atoms with Crippen LogP contribution in [0.25, 0.3) is 0 Å². The van der Waals surface area contributed by atoms with Crippen molar-refractivity contribution in [2.24, 2.45) is 0 Å². The van der Waals surface area contributed by atoms with Crippen LogP contribution in [0.4, 0.5) is 0 Å². The van der Waals surface area contributed by atoms with Crippen molar-refractivity contribution in [2.75, 3.05) is 7.11 Å². The van der Waals surface area contributed by atoms with Gasteiger partial charge in [-0.25, -0.2) is 0 Å². The van der Waals surface area contributed by atoms with Crippen molar-refractivity contribution in [2.45, 2.75) is 61.8 Å². The number of benzene rings is 2. The lowest BCUT2D eigenvalue weighted by Crippen LogP contribution is -2.47. The molecular formula is C22H29NOS. The maximum atomic E-state index is 5.36. The van der Waals surface area contributed by atoms with E-state index < -0.39 is 0 Å². The maximum absolute atomic E-state index is 5.36. The largest absolute Gasteiger partial charge is 0.497 e. The zero-order chi connectivity index (χ0) is 17.7. The molecule has 2 nitrogen and oxygen atoms in total. The minimum atomic E-state index is 0.119. The number of nitrogens with one attached hydrogen (secondary N) is 1. The minimum absolute atomic E-state index is 0.119. The molecular weight excluding hydrogens is 326 g/mol. The van der Waals surface area contributed by atoms with E-state index in [1.807, 2.05) is 11.8 Å². The van der Waals surface area contributed by atoms with Crippen LogP contribution in [-0.4, -0.2) is 12.6 Å². The molecule has 25 heavy (non-hydrogen) atoms. The van der Waals surface area contributed by atoms with Gasteiger partial charge in [0.2, 0.25) is 0 Å². The molecule has 0 radical (unpaired) electrons. The first-order valence-electron chi connectivity index (χ1n) is 9.36. The molecule has 0 amide bonds.